The molecule has 10 nitrogen and oxygen atoms in total. The highest BCUT2D eigenvalue weighted by atomic mass is 32.2. The Morgan fingerprint density at radius 2 is 1.68 bits per heavy atom. The lowest BCUT2D eigenvalue weighted by molar-refractivity contribution is -0.274. The van der Waals surface area contributed by atoms with Crippen molar-refractivity contribution in [3.05, 3.63) is 84.1 Å². The number of methoxy groups -OCH3 is 2. The van der Waals surface area contributed by atoms with Crippen LogP contribution in [0.3, 0.4) is 0 Å². The van der Waals surface area contributed by atoms with Crippen molar-refractivity contribution in [2.45, 2.75) is 17.8 Å². The molecule has 4 aromatic rings. The number of ether oxygens (including phenoxy) is 3. The number of carbonyl (C=O) groups is 1. The number of hydrogen-bond acceptors (Lipinski definition) is 8. The third-order valence-corrected chi connectivity index (χ3v) is 8.53. The van der Waals surface area contributed by atoms with Gasteiger partial charge in [0.25, 0.3) is 15.9 Å². The zero-order chi connectivity index (χ0) is 31.5. The van der Waals surface area contributed by atoms with Crippen LogP contribution in [0.15, 0.2) is 77.8 Å². The Hall–Kier alpha value is -4.56. The molecule has 1 amide bonds. The number of aromatic nitrogens is 1. The molecule has 0 unspecified atom stereocenters. The van der Waals surface area contributed by atoms with Crippen LogP contribution in [0, 0.1) is 0 Å². The minimum absolute atomic E-state index is 0.0794. The van der Waals surface area contributed by atoms with Crippen LogP contribution in [0.1, 0.15) is 15.9 Å². The molecule has 1 aromatic heterocycles. The Bertz CT molecular complexity index is 1770. The minimum atomic E-state index is -5.14. The zero-order valence-electron chi connectivity index (χ0n) is 23.8. The number of halogens is 3. The van der Waals surface area contributed by atoms with Gasteiger partial charge >= 0.3 is 6.36 Å². The number of carbonyl (C=O) groups excluding carboxylic acids is 1. The van der Waals surface area contributed by atoms with Crippen molar-refractivity contribution in [3.63, 3.8) is 0 Å². The molecule has 232 valence electrons. The summed E-state index contributed by atoms with van der Waals surface area (Å²) in [6.07, 6.45) is -3.73. The van der Waals surface area contributed by atoms with Gasteiger partial charge in [-0.05, 0) is 36.4 Å². The number of amides is 1. The van der Waals surface area contributed by atoms with Crippen LogP contribution < -0.4 is 18.9 Å². The number of pyridine rings is 1. The summed E-state index contributed by atoms with van der Waals surface area (Å²) in [4.78, 5) is 20.9. The van der Waals surface area contributed by atoms with E-state index in [1.807, 2.05) is 12.1 Å². The molecule has 1 N–H and O–H groups in total. The lowest BCUT2D eigenvalue weighted by Gasteiger charge is -2.35. The highest BCUT2D eigenvalue weighted by Gasteiger charge is 2.34. The van der Waals surface area contributed by atoms with Crippen LogP contribution >= 0.6 is 0 Å². The highest BCUT2D eigenvalue weighted by Crippen LogP contribution is 2.34. The van der Waals surface area contributed by atoms with Crippen molar-refractivity contribution in [1.29, 1.82) is 0 Å². The maximum absolute atomic E-state index is 13.4. The van der Waals surface area contributed by atoms with E-state index in [0.29, 0.717) is 49.6 Å². The Morgan fingerprint density at radius 1 is 0.932 bits per heavy atom. The predicted molar refractivity (Wildman–Crippen MR) is 156 cm³/mol. The molecule has 3 aromatic carbocycles. The van der Waals surface area contributed by atoms with Crippen LogP contribution in [0.2, 0.25) is 0 Å². The van der Waals surface area contributed by atoms with Gasteiger partial charge in [-0.15, -0.1) is 13.2 Å². The number of alkyl halides is 3. The quantitative estimate of drug-likeness (QED) is 0.278. The van der Waals surface area contributed by atoms with E-state index in [9.17, 15) is 26.4 Å². The molecule has 1 aliphatic heterocycles. The molecule has 1 aliphatic rings. The maximum atomic E-state index is 13.4. The molecule has 14 heteroatoms. The Labute approximate surface area is 252 Å². The summed E-state index contributed by atoms with van der Waals surface area (Å²) in [6.45, 7) is 2.26. The van der Waals surface area contributed by atoms with Crippen molar-refractivity contribution in [2.24, 2.45) is 0 Å². The lowest BCUT2D eigenvalue weighted by Crippen LogP contribution is -2.48. The highest BCUT2D eigenvalue weighted by molar-refractivity contribution is 7.93. The second-order valence-corrected chi connectivity index (χ2v) is 11.6. The fraction of sp³-hybridized carbons (Fsp3) is 0.267. The number of para-hydroxylation sites is 1. The fourth-order valence-electron chi connectivity index (χ4n) is 4.96. The normalized spacial score (nSPS) is 14.3. The van der Waals surface area contributed by atoms with E-state index >= 15 is 0 Å². The van der Waals surface area contributed by atoms with Gasteiger partial charge in [0, 0.05) is 61.5 Å². The van der Waals surface area contributed by atoms with Gasteiger partial charge in [0.1, 0.15) is 16.4 Å². The number of nitrogens with one attached hydrogen (secondary N) is 1. The van der Waals surface area contributed by atoms with Gasteiger partial charge in [-0.25, -0.2) is 8.42 Å². The number of fused-ring (bicyclic) bond motifs is 1. The van der Waals surface area contributed by atoms with Crippen LogP contribution in [0.25, 0.3) is 10.9 Å². The Kier molecular flexibility index (Phi) is 8.83. The molecule has 0 saturated carbocycles. The first-order valence-electron chi connectivity index (χ1n) is 13.5. The summed E-state index contributed by atoms with van der Waals surface area (Å²) in [5.74, 6) is -0.0246. The molecule has 0 spiro atoms. The van der Waals surface area contributed by atoms with Crippen LogP contribution in [-0.2, 0) is 16.6 Å². The monoisotopic (exact) mass is 630 g/mol. The third-order valence-electron chi connectivity index (χ3n) is 7.13. The van der Waals surface area contributed by atoms with Crippen LogP contribution in [-0.4, -0.2) is 75.9 Å². The number of sulfonamides is 1. The number of nitrogens with zero attached hydrogens (tertiary/aromatic N) is 3. The van der Waals surface area contributed by atoms with Gasteiger partial charge in [-0.1, -0.05) is 24.3 Å². The van der Waals surface area contributed by atoms with E-state index in [0.717, 1.165) is 17.7 Å². The molecular formula is C30H29F3N4O6S. The van der Waals surface area contributed by atoms with E-state index < -0.39 is 33.7 Å². The summed E-state index contributed by atoms with van der Waals surface area (Å²) in [6, 6.07) is 16.5. The van der Waals surface area contributed by atoms with E-state index in [1.54, 1.807) is 38.5 Å². The smallest absolute Gasteiger partial charge is 0.497 e. The maximum Gasteiger partial charge on any atom is 0.573 e. The first-order chi connectivity index (χ1) is 21.0. The number of piperazine rings is 1. The molecule has 0 bridgehead atoms. The summed E-state index contributed by atoms with van der Waals surface area (Å²) < 4.78 is 83.6. The summed E-state index contributed by atoms with van der Waals surface area (Å²) in [7, 11) is -1.25. The van der Waals surface area contributed by atoms with Gasteiger partial charge in [-0.3, -0.25) is 19.4 Å². The number of anilines is 1. The molecule has 5 rings (SSSR count). The van der Waals surface area contributed by atoms with Gasteiger partial charge in [0.05, 0.1) is 25.4 Å². The van der Waals surface area contributed by atoms with Gasteiger partial charge in [-0.2, -0.15) is 0 Å². The van der Waals surface area contributed by atoms with Crippen molar-refractivity contribution in [2.75, 3.05) is 45.1 Å². The molecule has 1 fully saturated rings. The largest absolute Gasteiger partial charge is 0.573 e. The zero-order valence-corrected chi connectivity index (χ0v) is 24.6. The number of hydrogen-bond donors (Lipinski definition) is 1. The second-order valence-electron chi connectivity index (χ2n) is 9.94. The topological polar surface area (TPSA) is 110 Å². The Balaban J connectivity index is 1.32. The molecule has 44 heavy (non-hydrogen) atoms. The van der Waals surface area contributed by atoms with Crippen molar-refractivity contribution in [3.8, 4) is 17.2 Å². The van der Waals surface area contributed by atoms with Crippen molar-refractivity contribution < 1.29 is 40.6 Å². The second kappa shape index (κ2) is 12.6. The molecule has 0 aliphatic carbocycles. The summed E-state index contributed by atoms with van der Waals surface area (Å²) in [5.41, 5.74) is 0.533. The molecule has 0 atom stereocenters. The average Bonchev–Trinajstić information content (AvgIpc) is 3.01. The first-order valence-corrected chi connectivity index (χ1v) is 14.9. The molecule has 1 saturated heterocycles. The van der Waals surface area contributed by atoms with Crippen LogP contribution in [0.4, 0.5) is 18.9 Å². The number of rotatable bonds is 9. The molecule has 2 heterocycles. The van der Waals surface area contributed by atoms with Gasteiger partial charge < -0.3 is 19.1 Å². The predicted octanol–water partition coefficient (Wildman–Crippen LogP) is 4.91. The van der Waals surface area contributed by atoms with E-state index in [4.69, 9.17) is 9.47 Å². The van der Waals surface area contributed by atoms with Gasteiger partial charge in [0.15, 0.2) is 5.75 Å². The van der Waals surface area contributed by atoms with E-state index in [-0.39, 0.29) is 16.0 Å². The standard InChI is InChI=1S/C30H29F3N4O6S/c1-41-23-10-8-22(25(18-23)42-2)19-36-13-15-37(16-14-36)29(38)21-9-11-24(26(17-21)43-30(31,32)33)35-44(39,40)27-7-3-5-20-6-4-12-34-28(20)27/h3-12,17-18,35H,13-16,19H2,1-2H3. The Morgan fingerprint density at radius 3 is 2.39 bits per heavy atom. The third kappa shape index (κ3) is 6.97. The minimum Gasteiger partial charge on any atom is -0.497 e. The molecular weight excluding hydrogens is 601 g/mol. The average molecular weight is 631 g/mol. The van der Waals surface area contributed by atoms with E-state index in [1.165, 1.54) is 29.3 Å². The fourth-order valence-corrected chi connectivity index (χ4v) is 6.21. The van der Waals surface area contributed by atoms with E-state index in [2.05, 4.69) is 19.3 Å². The molecule has 0 radical (unpaired) electrons. The van der Waals surface area contributed by atoms with Crippen molar-refractivity contribution in [1.82, 2.24) is 14.8 Å². The van der Waals surface area contributed by atoms with Crippen molar-refractivity contribution >= 4 is 32.5 Å². The first kappa shape index (κ1) is 30.9. The number of benzene rings is 3. The SMILES string of the molecule is COc1ccc(CN2CCN(C(=O)c3ccc(NS(=O)(=O)c4cccc5cccnc45)c(OC(F)(F)F)c3)CC2)c(OC)c1. The van der Waals surface area contributed by atoms with Crippen LogP contribution in [0.5, 0.6) is 17.2 Å². The van der Waals surface area contributed by atoms with Gasteiger partial charge in [0.2, 0.25) is 0 Å². The summed E-state index contributed by atoms with van der Waals surface area (Å²) >= 11 is 0. The summed E-state index contributed by atoms with van der Waals surface area (Å²) in [5, 5.41) is 0.534. The lowest BCUT2D eigenvalue weighted by atomic mass is 10.1.